The van der Waals surface area contributed by atoms with Crippen LogP contribution in [0, 0.1) is 11.8 Å². The molecule has 37 heavy (non-hydrogen) atoms. The number of amides is 2. The number of nitrogens with zero attached hydrogens (tertiary/aromatic N) is 2. The van der Waals surface area contributed by atoms with E-state index in [9.17, 15) is 19.5 Å². The third kappa shape index (κ3) is 3.39. The Morgan fingerprint density at radius 3 is 2.59 bits per heavy atom. The molecular weight excluding hydrogens is 472 g/mol. The molecule has 0 saturated carbocycles. The Kier molecular flexibility index (Phi) is 5.69. The lowest BCUT2D eigenvalue weighted by Gasteiger charge is -2.38. The maximum atomic E-state index is 14.4. The van der Waals surface area contributed by atoms with Crippen LogP contribution in [0.1, 0.15) is 19.8 Å². The first-order valence-electron chi connectivity index (χ1n) is 12.9. The minimum absolute atomic E-state index is 0.122. The standard InChI is InChI=1S/C29H30N2O6/c1-2-28-12-6-17-36-27(35)23(28)22-25(33)31(15-7-16-32)24-26(34)30(14-5-13-29(22,24)37-28)21-11-10-19-8-3-4-9-20(19)18-21/h3-6,8-13,18,22-24,32H,2,7,14-17H2,1H3/t22-,23+,24?,28-,29-/m0/s1. The molecule has 4 aliphatic rings. The van der Waals surface area contributed by atoms with Crippen molar-refractivity contribution in [2.45, 2.75) is 37.0 Å². The minimum atomic E-state index is -1.32. The van der Waals surface area contributed by atoms with Crippen LogP contribution in [0.4, 0.5) is 5.69 Å². The van der Waals surface area contributed by atoms with Gasteiger partial charge in [-0.15, -0.1) is 0 Å². The third-order valence-electron chi connectivity index (χ3n) is 8.30. The molecule has 6 rings (SSSR count). The van der Waals surface area contributed by atoms with Crippen LogP contribution in [-0.4, -0.2) is 71.3 Å². The van der Waals surface area contributed by atoms with E-state index in [0.29, 0.717) is 19.4 Å². The van der Waals surface area contributed by atoms with E-state index in [4.69, 9.17) is 9.47 Å². The number of cyclic esters (lactones) is 1. The Bertz CT molecular complexity index is 1340. The van der Waals surface area contributed by atoms with Crippen molar-refractivity contribution in [3.05, 3.63) is 66.8 Å². The highest BCUT2D eigenvalue weighted by Gasteiger charge is 2.75. The van der Waals surface area contributed by atoms with Gasteiger partial charge in [0.05, 0.1) is 5.92 Å². The largest absolute Gasteiger partial charge is 0.461 e. The van der Waals surface area contributed by atoms with E-state index in [1.807, 2.05) is 67.6 Å². The van der Waals surface area contributed by atoms with Crippen molar-refractivity contribution < 1.29 is 29.0 Å². The SMILES string of the molecule is CC[C@]12C=CCOC(=O)[C@H]1[C@H]1C(=O)N(CCCO)C3C(=O)N(c4ccc5ccccc5c4)CC=C[C@@]31O2. The van der Waals surface area contributed by atoms with Gasteiger partial charge in [-0.1, -0.05) is 55.5 Å². The van der Waals surface area contributed by atoms with Crippen molar-refractivity contribution in [3.63, 3.8) is 0 Å². The van der Waals surface area contributed by atoms with Gasteiger partial charge in [0.2, 0.25) is 5.91 Å². The number of likely N-dealkylation sites (tertiary alicyclic amines) is 1. The monoisotopic (exact) mass is 502 g/mol. The summed E-state index contributed by atoms with van der Waals surface area (Å²) in [7, 11) is 0. The number of carbonyl (C=O) groups excluding carboxylic acids is 3. The first-order chi connectivity index (χ1) is 18.0. The van der Waals surface area contributed by atoms with Crippen molar-refractivity contribution in [1.82, 2.24) is 4.90 Å². The molecule has 2 saturated heterocycles. The molecule has 0 aliphatic carbocycles. The van der Waals surface area contributed by atoms with Crippen molar-refractivity contribution in [3.8, 4) is 0 Å². The molecule has 0 radical (unpaired) electrons. The average Bonchev–Trinajstić information content (AvgIpc) is 3.18. The number of rotatable bonds is 5. The summed E-state index contributed by atoms with van der Waals surface area (Å²) >= 11 is 0. The number of esters is 1. The Balaban J connectivity index is 1.48. The smallest absolute Gasteiger partial charge is 0.313 e. The quantitative estimate of drug-likeness (QED) is 0.499. The second kappa shape index (κ2) is 8.82. The summed E-state index contributed by atoms with van der Waals surface area (Å²) in [5.74, 6) is -2.84. The molecular formula is C29H30N2O6. The van der Waals surface area contributed by atoms with Gasteiger partial charge in [0.1, 0.15) is 29.8 Å². The summed E-state index contributed by atoms with van der Waals surface area (Å²) in [5, 5.41) is 11.6. The van der Waals surface area contributed by atoms with E-state index in [2.05, 4.69) is 0 Å². The van der Waals surface area contributed by atoms with Gasteiger partial charge in [-0.25, -0.2) is 0 Å². The van der Waals surface area contributed by atoms with Gasteiger partial charge < -0.3 is 24.4 Å². The van der Waals surface area contributed by atoms with Gasteiger partial charge in [0.25, 0.3) is 5.91 Å². The molecule has 0 bridgehead atoms. The summed E-state index contributed by atoms with van der Waals surface area (Å²) in [6.45, 7) is 2.40. The summed E-state index contributed by atoms with van der Waals surface area (Å²) in [6, 6.07) is 12.8. The Morgan fingerprint density at radius 2 is 1.81 bits per heavy atom. The Hall–Kier alpha value is -3.49. The fourth-order valence-corrected chi connectivity index (χ4v) is 6.65. The normalized spacial score (nSPS) is 32.7. The van der Waals surface area contributed by atoms with E-state index < -0.39 is 35.0 Å². The van der Waals surface area contributed by atoms with Crippen LogP contribution in [0.3, 0.4) is 0 Å². The number of aliphatic hydroxyl groups excluding tert-OH is 1. The molecule has 1 spiro atoms. The number of hydrogen-bond acceptors (Lipinski definition) is 6. The predicted molar refractivity (Wildman–Crippen MR) is 137 cm³/mol. The van der Waals surface area contributed by atoms with Crippen LogP contribution in [0.5, 0.6) is 0 Å². The molecule has 2 fully saturated rings. The molecule has 5 atom stereocenters. The number of hydrogen-bond donors (Lipinski definition) is 1. The van der Waals surface area contributed by atoms with Crippen LogP contribution in [-0.2, 0) is 23.9 Å². The average molecular weight is 503 g/mol. The van der Waals surface area contributed by atoms with Crippen molar-refractivity contribution in [2.24, 2.45) is 11.8 Å². The highest BCUT2D eigenvalue weighted by Crippen LogP contribution is 2.58. The number of anilines is 1. The van der Waals surface area contributed by atoms with Gasteiger partial charge in [0.15, 0.2) is 0 Å². The maximum Gasteiger partial charge on any atom is 0.313 e. The van der Waals surface area contributed by atoms with Crippen LogP contribution in [0.25, 0.3) is 10.8 Å². The number of aliphatic hydroxyl groups is 1. The summed E-state index contributed by atoms with van der Waals surface area (Å²) in [6.07, 6.45) is 8.05. The van der Waals surface area contributed by atoms with Crippen molar-refractivity contribution in [2.75, 3.05) is 31.2 Å². The lowest BCUT2D eigenvalue weighted by Crippen LogP contribution is -2.56. The molecule has 0 aromatic heterocycles. The van der Waals surface area contributed by atoms with E-state index in [1.54, 1.807) is 11.0 Å². The minimum Gasteiger partial charge on any atom is -0.461 e. The van der Waals surface area contributed by atoms with Crippen LogP contribution in [0.2, 0.25) is 0 Å². The number of carbonyl (C=O) groups is 3. The van der Waals surface area contributed by atoms with Gasteiger partial charge in [-0.05, 0) is 41.8 Å². The highest BCUT2D eigenvalue weighted by atomic mass is 16.6. The fourth-order valence-electron chi connectivity index (χ4n) is 6.65. The number of ether oxygens (including phenoxy) is 2. The van der Waals surface area contributed by atoms with E-state index >= 15 is 0 Å². The van der Waals surface area contributed by atoms with Crippen LogP contribution < -0.4 is 4.90 Å². The van der Waals surface area contributed by atoms with E-state index in [0.717, 1.165) is 16.5 Å². The molecule has 1 unspecified atom stereocenters. The Labute approximate surface area is 215 Å². The zero-order chi connectivity index (χ0) is 25.8. The van der Waals surface area contributed by atoms with Gasteiger partial charge in [-0.3, -0.25) is 14.4 Å². The number of benzene rings is 2. The Morgan fingerprint density at radius 1 is 1.00 bits per heavy atom. The molecule has 1 N–H and O–H groups in total. The maximum absolute atomic E-state index is 14.4. The predicted octanol–water partition coefficient (Wildman–Crippen LogP) is 2.60. The molecule has 4 aliphatic heterocycles. The van der Waals surface area contributed by atoms with Crippen LogP contribution in [0.15, 0.2) is 66.8 Å². The van der Waals surface area contributed by atoms with Crippen molar-refractivity contribution >= 4 is 34.2 Å². The first kappa shape index (κ1) is 23.9. The second-order valence-electron chi connectivity index (χ2n) is 10.1. The zero-order valence-electron chi connectivity index (χ0n) is 20.7. The van der Waals surface area contributed by atoms with E-state index in [-0.39, 0.29) is 31.6 Å². The molecule has 2 amide bonds. The summed E-state index contributed by atoms with van der Waals surface area (Å²) in [5.41, 5.74) is -1.64. The highest BCUT2D eigenvalue weighted by molar-refractivity contribution is 6.06. The molecule has 2 aromatic carbocycles. The molecule has 4 heterocycles. The van der Waals surface area contributed by atoms with Crippen molar-refractivity contribution in [1.29, 1.82) is 0 Å². The molecule has 8 nitrogen and oxygen atoms in total. The summed E-state index contributed by atoms with van der Waals surface area (Å²) < 4.78 is 12.3. The van der Waals surface area contributed by atoms with Gasteiger partial charge in [-0.2, -0.15) is 0 Å². The molecule has 192 valence electrons. The zero-order valence-corrected chi connectivity index (χ0v) is 20.7. The lowest BCUT2D eigenvalue weighted by atomic mass is 9.73. The first-order valence-corrected chi connectivity index (χ1v) is 12.9. The lowest BCUT2D eigenvalue weighted by molar-refractivity contribution is -0.157. The van der Waals surface area contributed by atoms with Crippen LogP contribution >= 0.6 is 0 Å². The fraction of sp³-hybridized carbons (Fsp3) is 0.414. The summed E-state index contributed by atoms with van der Waals surface area (Å²) in [4.78, 5) is 44.8. The topological polar surface area (TPSA) is 96.4 Å². The van der Waals surface area contributed by atoms with E-state index in [1.165, 1.54) is 4.90 Å². The second-order valence-corrected chi connectivity index (χ2v) is 10.1. The third-order valence-corrected chi connectivity index (χ3v) is 8.30. The number of fused-ring (bicyclic) bond motifs is 3. The van der Waals surface area contributed by atoms with Gasteiger partial charge in [0, 0.05) is 25.4 Å². The molecule has 8 heteroatoms. The van der Waals surface area contributed by atoms with Gasteiger partial charge >= 0.3 is 5.97 Å². The molecule has 2 aromatic rings.